The number of hydroxylamine groups is 2. The molecule has 1 saturated heterocycles. The molecular formula is C12H17N3O3. The summed E-state index contributed by atoms with van der Waals surface area (Å²) in [5, 5.41) is 1.47. The fourth-order valence-electron chi connectivity index (χ4n) is 1.55. The van der Waals surface area contributed by atoms with E-state index in [4.69, 9.17) is 4.84 Å². The zero-order valence-corrected chi connectivity index (χ0v) is 10.5. The molecule has 0 saturated carbocycles. The maximum Gasteiger partial charge on any atom is 0.248 e. The molecule has 0 unspecified atom stereocenters. The summed E-state index contributed by atoms with van der Waals surface area (Å²) in [6.45, 7) is 9.38. The Labute approximate surface area is 106 Å². The smallest absolute Gasteiger partial charge is 0.248 e. The molecule has 2 amide bonds. The van der Waals surface area contributed by atoms with Crippen LogP contribution in [0.4, 0.5) is 0 Å². The van der Waals surface area contributed by atoms with Crippen molar-refractivity contribution in [3.8, 4) is 0 Å². The predicted octanol–water partition coefficient (Wildman–Crippen LogP) is 0.658. The fraction of sp³-hybridized carbons (Fsp3) is 0.417. The highest BCUT2D eigenvalue weighted by atomic mass is 16.7. The summed E-state index contributed by atoms with van der Waals surface area (Å²) >= 11 is 0. The van der Waals surface area contributed by atoms with Gasteiger partial charge in [-0.25, -0.2) is 0 Å². The molecular weight excluding hydrogens is 234 g/mol. The summed E-state index contributed by atoms with van der Waals surface area (Å²) in [4.78, 5) is 31.5. The summed E-state index contributed by atoms with van der Waals surface area (Å²) in [7, 11) is 0. The first-order valence-corrected chi connectivity index (χ1v) is 5.57. The zero-order chi connectivity index (χ0) is 13.5. The number of hydrogen-bond donors (Lipinski definition) is 0. The molecule has 98 valence electrons. The lowest BCUT2D eigenvalue weighted by Crippen LogP contribution is -2.57. The molecule has 0 aliphatic carbocycles. The lowest BCUT2D eigenvalue weighted by molar-refractivity contribution is -0.203. The predicted molar refractivity (Wildman–Crippen MR) is 65.4 cm³/mol. The van der Waals surface area contributed by atoms with Crippen LogP contribution >= 0.6 is 0 Å². The normalized spacial score (nSPS) is 15.8. The molecule has 0 atom stereocenters. The van der Waals surface area contributed by atoms with Crippen molar-refractivity contribution in [2.45, 2.75) is 13.3 Å². The monoisotopic (exact) mass is 251 g/mol. The summed E-state index contributed by atoms with van der Waals surface area (Å²) < 4.78 is 0. The molecule has 1 aliphatic heterocycles. The van der Waals surface area contributed by atoms with Crippen molar-refractivity contribution in [2.75, 3.05) is 20.0 Å². The van der Waals surface area contributed by atoms with Gasteiger partial charge in [-0.05, 0) is 6.08 Å². The van der Waals surface area contributed by atoms with E-state index < -0.39 is 0 Å². The number of rotatable bonds is 4. The molecule has 0 aromatic rings. The fourth-order valence-corrected chi connectivity index (χ4v) is 1.55. The molecule has 6 nitrogen and oxygen atoms in total. The summed E-state index contributed by atoms with van der Waals surface area (Å²) in [6.07, 6.45) is 2.86. The standard InChI is InChI=1S/C12H17N3O3/c1-4-7-18-15-9-13(11(16)5-2)8-14(10-15)12(17)6-3/h5,7H,1-2,6,8-10H2,3H3. The molecule has 0 bridgehead atoms. The van der Waals surface area contributed by atoms with Crippen LogP contribution in [0.2, 0.25) is 0 Å². The molecule has 0 aromatic carbocycles. The number of nitrogens with zero attached hydrogens (tertiary/aromatic N) is 3. The van der Waals surface area contributed by atoms with E-state index in [9.17, 15) is 9.59 Å². The topological polar surface area (TPSA) is 53.1 Å². The minimum absolute atomic E-state index is 0.0484. The van der Waals surface area contributed by atoms with Gasteiger partial charge in [-0.15, -0.1) is 5.06 Å². The van der Waals surface area contributed by atoms with Crippen LogP contribution in [0.25, 0.3) is 0 Å². The molecule has 1 fully saturated rings. The Morgan fingerprint density at radius 2 is 2.00 bits per heavy atom. The number of amides is 2. The van der Waals surface area contributed by atoms with Crippen molar-refractivity contribution in [3.05, 3.63) is 31.2 Å². The van der Waals surface area contributed by atoms with Crippen LogP contribution < -0.4 is 0 Å². The van der Waals surface area contributed by atoms with Crippen molar-refractivity contribution in [3.63, 3.8) is 0 Å². The molecule has 0 N–H and O–H groups in total. The van der Waals surface area contributed by atoms with E-state index in [0.717, 1.165) is 0 Å². The third-order valence-electron chi connectivity index (χ3n) is 2.42. The Kier molecular flexibility index (Phi) is 5.17. The van der Waals surface area contributed by atoms with Gasteiger partial charge in [-0.2, -0.15) is 0 Å². The zero-order valence-electron chi connectivity index (χ0n) is 10.5. The quantitative estimate of drug-likeness (QED) is 0.418. The average molecular weight is 251 g/mol. The maximum absolute atomic E-state index is 11.7. The third kappa shape index (κ3) is 3.48. The van der Waals surface area contributed by atoms with E-state index in [2.05, 4.69) is 18.9 Å². The second kappa shape index (κ2) is 6.64. The highest BCUT2D eigenvalue weighted by Gasteiger charge is 2.28. The molecule has 0 radical (unpaired) electrons. The molecule has 18 heavy (non-hydrogen) atoms. The van der Waals surface area contributed by atoms with Crippen molar-refractivity contribution in [1.82, 2.24) is 14.9 Å². The van der Waals surface area contributed by atoms with E-state index in [1.807, 2.05) is 0 Å². The third-order valence-corrected chi connectivity index (χ3v) is 2.42. The van der Waals surface area contributed by atoms with Crippen LogP contribution in [0.5, 0.6) is 0 Å². The van der Waals surface area contributed by atoms with Gasteiger partial charge in [0.2, 0.25) is 11.8 Å². The van der Waals surface area contributed by atoms with Crippen molar-refractivity contribution in [1.29, 1.82) is 0 Å². The Morgan fingerprint density at radius 1 is 1.33 bits per heavy atom. The van der Waals surface area contributed by atoms with E-state index >= 15 is 0 Å². The Morgan fingerprint density at radius 3 is 2.56 bits per heavy atom. The minimum Gasteiger partial charge on any atom is -0.402 e. The highest BCUT2D eigenvalue weighted by molar-refractivity contribution is 5.87. The highest BCUT2D eigenvalue weighted by Crippen LogP contribution is 2.10. The Balaban J connectivity index is 2.77. The van der Waals surface area contributed by atoms with Crippen molar-refractivity contribution < 1.29 is 14.4 Å². The Bertz CT molecular complexity index is 388. The van der Waals surface area contributed by atoms with Crippen molar-refractivity contribution in [2.24, 2.45) is 0 Å². The summed E-state index contributed by atoms with van der Waals surface area (Å²) in [5.74, 6) is -0.299. The molecule has 1 rings (SSSR count). The van der Waals surface area contributed by atoms with E-state index in [1.165, 1.54) is 27.2 Å². The van der Waals surface area contributed by atoms with Gasteiger partial charge in [0.25, 0.3) is 0 Å². The molecule has 1 heterocycles. The van der Waals surface area contributed by atoms with E-state index in [1.54, 1.807) is 6.92 Å². The molecule has 0 aromatic heterocycles. The second-order valence-corrected chi connectivity index (χ2v) is 3.70. The van der Waals surface area contributed by atoms with Gasteiger partial charge in [0.15, 0.2) is 6.26 Å². The number of carbonyl (C=O) groups excluding carboxylic acids is 2. The van der Waals surface area contributed by atoms with Crippen LogP contribution in [-0.4, -0.2) is 46.7 Å². The van der Waals surface area contributed by atoms with Crippen LogP contribution in [0, 0.1) is 0 Å². The van der Waals surface area contributed by atoms with Gasteiger partial charge in [0.1, 0.15) is 13.3 Å². The molecule has 6 heteroatoms. The van der Waals surface area contributed by atoms with Crippen LogP contribution in [0.15, 0.2) is 31.2 Å². The molecule has 0 spiro atoms. The second-order valence-electron chi connectivity index (χ2n) is 3.70. The van der Waals surface area contributed by atoms with Crippen molar-refractivity contribution >= 4 is 11.8 Å². The number of hydrogen-bond acceptors (Lipinski definition) is 4. The van der Waals surface area contributed by atoms with Crippen LogP contribution in [0.1, 0.15) is 13.3 Å². The summed E-state index contributed by atoms with van der Waals surface area (Å²) in [6, 6.07) is 0. The van der Waals surface area contributed by atoms with E-state index in [-0.39, 0.29) is 25.2 Å². The van der Waals surface area contributed by atoms with Gasteiger partial charge in [-0.1, -0.05) is 25.8 Å². The first kappa shape index (κ1) is 14.0. The largest absolute Gasteiger partial charge is 0.402 e. The van der Waals surface area contributed by atoms with Gasteiger partial charge in [0.05, 0.1) is 6.67 Å². The van der Waals surface area contributed by atoms with Gasteiger partial charge < -0.3 is 14.6 Å². The van der Waals surface area contributed by atoms with Gasteiger partial charge in [-0.3, -0.25) is 9.59 Å². The SMILES string of the molecule is C=C=CON1CN(C(=O)C=C)CN(C(=O)CC)C1. The van der Waals surface area contributed by atoms with Gasteiger partial charge >= 0.3 is 0 Å². The average Bonchev–Trinajstić information content (AvgIpc) is 2.42. The van der Waals surface area contributed by atoms with Gasteiger partial charge in [0, 0.05) is 6.42 Å². The van der Waals surface area contributed by atoms with E-state index in [0.29, 0.717) is 13.1 Å². The lowest BCUT2D eigenvalue weighted by atomic mass is 10.4. The van der Waals surface area contributed by atoms with Crippen LogP contribution in [0.3, 0.4) is 0 Å². The maximum atomic E-state index is 11.7. The Hall–Kier alpha value is -2.04. The molecule has 1 aliphatic rings. The minimum atomic E-state index is -0.250. The first-order valence-electron chi connectivity index (χ1n) is 5.57. The lowest BCUT2D eigenvalue weighted by Gasteiger charge is -2.40. The number of carbonyl (C=O) groups is 2. The van der Waals surface area contributed by atoms with Crippen LogP contribution in [-0.2, 0) is 14.4 Å². The summed E-state index contributed by atoms with van der Waals surface area (Å²) in [5.41, 5.74) is 2.47. The first-order chi connectivity index (χ1) is 8.62.